The van der Waals surface area contributed by atoms with Crippen LogP contribution in [0.1, 0.15) is 24.1 Å². The second-order valence-electron chi connectivity index (χ2n) is 5.52. The summed E-state index contributed by atoms with van der Waals surface area (Å²) in [5.41, 5.74) is 1.56. The Labute approximate surface area is 142 Å². The molecular formula is C16H16ClN5O2. The molecule has 0 bridgehead atoms. The molecule has 1 amide bonds. The molecule has 3 rings (SSSR count). The Morgan fingerprint density at radius 3 is 2.92 bits per heavy atom. The number of rotatable bonds is 4. The lowest BCUT2D eigenvalue weighted by molar-refractivity contribution is -0.122. The van der Waals surface area contributed by atoms with Gasteiger partial charge in [-0.3, -0.25) is 4.79 Å². The topological polar surface area (TPSA) is 81.3 Å². The van der Waals surface area contributed by atoms with Crippen LogP contribution in [0, 0.1) is 6.92 Å². The van der Waals surface area contributed by atoms with Crippen LogP contribution in [0.15, 0.2) is 41.5 Å². The van der Waals surface area contributed by atoms with Crippen LogP contribution >= 0.6 is 11.6 Å². The van der Waals surface area contributed by atoms with Crippen molar-refractivity contribution in [3.05, 3.63) is 63.3 Å². The zero-order valence-electron chi connectivity index (χ0n) is 13.2. The monoisotopic (exact) mass is 345 g/mol. The maximum Gasteiger partial charge on any atom is 0.352 e. The second-order valence-corrected chi connectivity index (χ2v) is 5.96. The predicted molar refractivity (Wildman–Crippen MR) is 90.0 cm³/mol. The van der Waals surface area contributed by atoms with Crippen molar-refractivity contribution >= 4 is 23.3 Å². The Kier molecular flexibility index (Phi) is 4.35. The summed E-state index contributed by atoms with van der Waals surface area (Å²) >= 11 is 5.95. The zero-order chi connectivity index (χ0) is 17.3. The lowest BCUT2D eigenvalue weighted by Crippen LogP contribution is -2.34. The van der Waals surface area contributed by atoms with Gasteiger partial charge >= 0.3 is 5.69 Å². The number of aryl methyl sites for hydroxylation is 1. The molecule has 0 saturated heterocycles. The van der Waals surface area contributed by atoms with E-state index in [2.05, 4.69) is 15.4 Å². The van der Waals surface area contributed by atoms with E-state index in [1.165, 1.54) is 10.6 Å². The highest BCUT2D eigenvalue weighted by Gasteiger charge is 2.15. The van der Waals surface area contributed by atoms with Gasteiger partial charge in [-0.1, -0.05) is 17.7 Å². The molecule has 1 atom stereocenters. The van der Waals surface area contributed by atoms with Crippen molar-refractivity contribution in [2.45, 2.75) is 26.4 Å². The number of halogens is 1. The summed E-state index contributed by atoms with van der Waals surface area (Å²) in [7, 11) is 0. The summed E-state index contributed by atoms with van der Waals surface area (Å²) < 4.78 is 2.39. The van der Waals surface area contributed by atoms with Crippen molar-refractivity contribution in [3.8, 4) is 0 Å². The van der Waals surface area contributed by atoms with E-state index < -0.39 is 5.69 Å². The Hall–Kier alpha value is -2.67. The van der Waals surface area contributed by atoms with Crippen LogP contribution in [0.3, 0.4) is 0 Å². The van der Waals surface area contributed by atoms with E-state index in [0.717, 1.165) is 15.8 Å². The standard InChI is InChI=1S/C16H16ClN5O2/c1-10-8-12(17)4-5-13(10)11(2)19-14(23)9-22-16(24)21-7-3-6-18-15(21)20-22/h3-8,11H,9H2,1-2H3,(H,19,23)/t11-/m0/s1. The molecular weight excluding hydrogens is 330 g/mol. The largest absolute Gasteiger partial charge is 0.352 e. The van der Waals surface area contributed by atoms with Crippen LogP contribution in [-0.2, 0) is 11.3 Å². The van der Waals surface area contributed by atoms with Crippen molar-refractivity contribution in [1.82, 2.24) is 24.5 Å². The Morgan fingerprint density at radius 2 is 2.21 bits per heavy atom. The predicted octanol–water partition coefficient (Wildman–Crippen LogP) is 1.73. The molecule has 124 valence electrons. The molecule has 8 heteroatoms. The lowest BCUT2D eigenvalue weighted by atomic mass is 10.0. The molecule has 24 heavy (non-hydrogen) atoms. The third kappa shape index (κ3) is 3.16. The molecule has 3 aromatic rings. The number of carbonyl (C=O) groups is 1. The first kappa shape index (κ1) is 16.2. The fraction of sp³-hybridized carbons (Fsp3) is 0.250. The molecule has 1 aromatic carbocycles. The third-order valence-electron chi connectivity index (χ3n) is 3.73. The lowest BCUT2D eigenvalue weighted by Gasteiger charge is -2.16. The van der Waals surface area contributed by atoms with Crippen LogP contribution < -0.4 is 11.0 Å². The maximum absolute atomic E-state index is 12.2. The van der Waals surface area contributed by atoms with Gasteiger partial charge in [0.15, 0.2) is 0 Å². The molecule has 2 heterocycles. The minimum Gasteiger partial charge on any atom is -0.348 e. The molecule has 0 aliphatic rings. The minimum absolute atomic E-state index is 0.167. The van der Waals surface area contributed by atoms with E-state index in [1.54, 1.807) is 18.3 Å². The fourth-order valence-electron chi connectivity index (χ4n) is 2.59. The van der Waals surface area contributed by atoms with Gasteiger partial charge in [0.25, 0.3) is 5.78 Å². The summed E-state index contributed by atoms with van der Waals surface area (Å²) in [5.74, 6) is -0.0424. The Bertz CT molecular complexity index is 963. The molecule has 0 aliphatic heterocycles. The van der Waals surface area contributed by atoms with Crippen molar-refractivity contribution < 1.29 is 4.79 Å². The van der Waals surface area contributed by atoms with Gasteiger partial charge in [-0.2, -0.15) is 0 Å². The van der Waals surface area contributed by atoms with Gasteiger partial charge in [-0.25, -0.2) is 18.9 Å². The second kappa shape index (κ2) is 6.45. The normalized spacial score (nSPS) is 12.3. The molecule has 0 saturated carbocycles. The minimum atomic E-state index is -0.399. The fourth-order valence-corrected chi connectivity index (χ4v) is 2.82. The maximum atomic E-state index is 12.2. The highest BCUT2D eigenvalue weighted by molar-refractivity contribution is 6.30. The number of carbonyl (C=O) groups excluding carboxylic acids is 1. The van der Waals surface area contributed by atoms with Gasteiger partial charge in [0.1, 0.15) is 6.54 Å². The third-order valence-corrected chi connectivity index (χ3v) is 3.97. The van der Waals surface area contributed by atoms with Crippen LogP contribution in [-0.4, -0.2) is 25.1 Å². The van der Waals surface area contributed by atoms with E-state index in [-0.39, 0.29) is 24.3 Å². The van der Waals surface area contributed by atoms with E-state index in [1.807, 2.05) is 26.0 Å². The van der Waals surface area contributed by atoms with Crippen molar-refractivity contribution in [2.75, 3.05) is 0 Å². The van der Waals surface area contributed by atoms with Crippen LogP contribution in [0.4, 0.5) is 0 Å². The Balaban J connectivity index is 1.75. The first-order valence-electron chi connectivity index (χ1n) is 7.41. The Morgan fingerprint density at radius 1 is 1.42 bits per heavy atom. The molecule has 1 N–H and O–H groups in total. The van der Waals surface area contributed by atoms with E-state index in [9.17, 15) is 9.59 Å². The van der Waals surface area contributed by atoms with Gasteiger partial charge in [-0.15, -0.1) is 5.10 Å². The summed E-state index contributed by atoms with van der Waals surface area (Å²) in [6, 6.07) is 6.93. The average molecular weight is 346 g/mol. The molecule has 2 aromatic heterocycles. The van der Waals surface area contributed by atoms with Crippen molar-refractivity contribution in [2.24, 2.45) is 0 Å². The number of benzene rings is 1. The first-order chi connectivity index (χ1) is 11.5. The van der Waals surface area contributed by atoms with Gasteiger partial charge in [-0.05, 0) is 43.2 Å². The van der Waals surface area contributed by atoms with E-state index in [4.69, 9.17) is 11.6 Å². The SMILES string of the molecule is Cc1cc(Cl)ccc1[C@H](C)NC(=O)Cn1nc2ncccn2c1=O. The van der Waals surface area contributed by atoms with Crippen LogP contribution in [0.25, 0.3) is 5.78 Å². The van der Waals surface area contributed by atoms with Gasteiger partial charge in [0.2, 0.25) is 5.91 Å². The van der Waals surface area contributed by atoms with E-state index >= 15 is 0 Å². The van der Waals surface area contributed by atoms with Crippen molar-refractivity contribution in [3.63, 3.8) is 0 Å². The summed E-state index contributed by atoms with van der Waals surface area (Å²) in [5, 5.41) is 7.56. The molecule has 0 spiro atoms. The smallest absolute Gasteiger partial charge is 0.348 e. The number of amides is 1. The number of hydrogen-bond acceptors (Lipinski definition) is 4. The van der Waals surface area contributed by atoms with Gasteiger partial charge in [0, 0.05) is 17.4 Å². The van der Waals surface area contributed by atoms with Gasteiger partial charge < -0.3 is 5.32 Å². The molecule has 0 fully saturated rings. The highest BCUT2D eigenvalue weighted by Crippen LogP contribution is 2.21. The zero-order valence-corrected chi connectivity index (χ0v) is 14.0. The quantitative estimate of drug-likeness (QED) is 0.780. The number of nitrogens with zero attached hydrogens (tertiary/aromatic N) is 4. The highest BCUT2D eigenvalue weighted by atomic mass is 35.5. The van der Waals surface area contributed by atoms with Crippen LogP contribution in [0.2, 0.25) is 5.02 Å². The molecule has 0 radical (unpaired) electrons. The number of aromatic nitrogens is 4. The summed E-state index contributed by atoms with van der Waals surface area (Å²) in [6.45, 7) is 3.64. The molecule has 0 unspecified atom stereocenters. The summed E-state index contributed by atoms with van der Waals surface area (Å²) in [6.07, 6.45) is 3.10. The van der Waals surface area contributed by atoms with Gasteiger partial charge in [0.05, 0.1) is 6.04 Å². The first-order valence-corrected chi connectivity index (χ1v) is 7.79. The number of nitrogens with one attached hydrogen (secondary N) is 1. The van der Waals surface area contributed by atoms with E-state index in [0.29, 0.717) is 5.02 Å². The number of fused-ring (bicyclic) bond motifs is 1. The van der Waals surface area contributed by atoms with Crippen LogP contribution in [0.5, 0.6) is 0 Å². The van der Waals surface area contributed by atoms with Crippen molar-refractivity contribution in [1.29, 1.82) is 0 Å². The molecule has 7 nitrogen and oxygen atoms in total. The number of hydrogen-bond donors (Lipinski definition) is 1. The molecule has 0 aliphatic carbocycles. The average Bonchev–Trinajstić information content (AvgIpc) is 2.83. The summed E-state index contributed by atoms with van der Waals surface area (Å²) in [4.78, 5) is 28.4.